The third kappa shape index (κ3) is 3.71. The van der Waals surface area contributed by atoms with Gasteiger partial charge in [-0.15, -0.1) is 0 Å². The number of fused-ring (bicyclic) bond motifs is 1. The molecule has 4 atom stereocenters. The average Bonchev–Trinajstić information content (AvgIpc) is 3.42. The average molecular weight is 407 g/mol. The molecule has 3 aliphatic rings. The monoisotopic (exact) mass is 407 g/mol. The van der Waals surface area contributed by atoms with Crippen LogP contribution in [0.2, 0.25) is 0 Å². The van der Waals surface area contributed by atoms with Crippen molar-refractivity contribution in [3.8, 4) is 6.07 Å². The molecule has 1 saturated heterocycles. The van der Waals surface area contributed by atoms with Crippen LogP contribution in [0.4, 0.5) is 13.2 Å². The fourth-order valence-electron chi connectivity index (χ4n) is 4.76. The lowest BCUT2D eigenvalue weighted by Gasteiger charge is -2.33. The van der Waals surface area contributed by atoms with Crippen LogP contribution in [0.5, 0.6) is 0 Å². The number of hydrogen-bond donors (Lipinski definition) is 3. The zero-order chi connectivity index (χ0) is 20.9. The molecule has 156 valence electrons. The molecule has 0 bridgehead atoms. The van der Waals surface area contributed by atoms with Gasteiger partial charge in [0.15, 0.2) is 5.69 Å². The van der Waals surface area contributed by atoms with Crippen molar-refractivity contribution in [3.63, 3.8) is 0 Å². The summed E-state index contributed by atoms with van der Waals surface area (Å²) in [6.07, 6.45) is 0.0893. The number of carbonyl (C=O) groups is 1. The summed E-state index contributed by atoms with van der Waals surface area (Å²) in [5.74, 6) is 0.473. The lowest BCUT2D eigenvalue weighted by Crippen LogP contribution is -2.45. The van der Waals surface area contributed by atoms with Crippen LogP contribution < -0.4 is 16.2 Å². The highest BCUT2D eigenvalue weighted by Gasteiger charge is 2.47. The molecule has 9 heteroatoms. The molecule has 0 spiro atoms. The number of nitrogens with one attached hydrogen (secondary N) is 3. The minimum atomic E-state index is -4.80. The second-order valence-corrected chi connectivity index (χ2v) is 8.45. The third-order valence-corrected chi connectivity index (χ3v) is 6.61. The molecule has 4 unspecified atom stereocenters. The highest BCUT2D eigenvalue weighted by Crippen LogP contribution is 2.42. The first-order valence-electron chi connectivity index (χ1n) is 10.0. The van der Waals surface area contributed by atoms with E-state index in [1.54, 1.807) is 6.07 Å². The molecule has 1 amide bonds. The Morgan fingerprint density at radius 1 is 1.17 bits per heavy atom. The van der Waals surface area contributed by atoms with Crippen LogP contribution in [0, 0.1) is 37.0 Å². The van der Waals surface area contributed by atoms with Crippen LogP contribution in [0.1, 0.15) is 65.0 Å². The number of carbonyl (C=O) groups excluding carboxylic acids is 1. The van der Waals surface area contributed by atoms with Crippen LogP contribution in [0.3, 0.4) is 0 Å². The Labute approximate surface area is 167 Å². The second kappa shape index (κ2) is 7.26. The summed E-state index contributed by atoms with van der Waals surface area (Å²) in [6, 6.07) is 2.25. The summed E-state index contributed by atoms with van der Waals surface area (Å²) in [5, 5.41) is 12.0. The molecule has 2 aliphatic carbocycles. The Morgan fingerprint density at radius 2 is 1.90 bits per heavy atom. The fraction of sp³-hybridized carbons (Fsp3) is 0.650. The molecule has 2 heterocycles. The maximum absolute atomic E-state index is 13.4. The zero-order valence-corrected chi connectivity index (χ0v) is 16.4. The van der Waals surface area contributed by atoms with Gasteiger partial charge in [0.25, 0.3) is 5.91 Å². The highest BCUT2D eigenvalue weighted by molar-refractivity contribution is 5.94. The van der Waals surface area contributed by atoms with Crippen molar-refractivity contribution in [2.45, 2.75) is 70.3 Å². The molecule has 2 saturated carbocycles. The number of alkyl halides is 3. The normalized spacial score (nSPS) is 29.2. The van der Waals surface area contributed by atoms with E-state index in [-0.39, 0.29) is 17.3 Å². The van der Waals surface area contributed by atoms with E-state index in [9.17, 15) is 18.0 Å². The van der Waals surface area contributed by atoms with E-state index in [1.165, 1.54) is 26.7 Å². The number of aromatic nitrogens is 1. The van der Waals surface area contributed by atoms with Crippen molar-refractivity contribution in [1.29, 1.82) is 5.26 Å². The van der Waals surface area contributed by atoms with Crippen LogP contribution in [-0.4, -0.2) is 29.0 Å². The maximum atomic E-state index is 13.4. The van der Waals surface area contributed by atoms with E-state index in [4.69, 9.17) is 5.26 Å². The van der Waals surface area contributed by atoms with Crippen molar-refractivity contribution in [2.24, 2.45) is 11.8 Å². The van der Waals surface area contributed by atoms with Crippen LogP contribution in [-0.2, 0) is 6.18 Å². The van der Waals surface area contributed by atoms with Crippen LogP contribution >= 0.6 is 0 Å². The van der Waals surface area contributed by atoms with Gasteiger partial charge in [0.1, 0.15) is 11.8 Å². The van der Waals surface area contributed by atoms with Crippen molar-refractivity contribution >= 4 is 5.91 Å². The largest absolute Gasteiger partial charge is 0.434 e. The van der Waals surface area contributed by atoms with E-state index < -0.39 is 23.3 Å². The standard InChI is InChI=1S/C20H24F3N5O/c1-9-10(2)16(26-18(14(9)8-24)20(21,22)23)19(29)25-12-5-6-15-13(7-12)17(28-27-15)11-3-4-11/h11-13,15,17,27-28H,3-7H2,1-2H3,(H,25,29). The lowest BCUT2D eigenvalue weighted by atomic mass is 9.78. The number of nitriles is 1. The Kier molecular flexibility index (Phi) is 5.03. The molecule has 1 aromatic heterocycles. The number of nitrogens with zero attached hydrogens (tertiary/aromatic N) is 2. The fourth-order valence-corrected chi connectivity index (χ4v) is 4.76. The summed E-state index contributed by atoms with van der Waals surface area (Å²) in [5.41, 5.74) is 5.12. The van der Waals surface area contributed by atoms with E-state index in [2.05, 4.69) is 21.2 Å². The van der Waals surface area contributed by atoms with Gasteiger partial charge in [-0.3, -0.25) is 15.6 Å². The van der Waals surface area contributed by atoms with Gasteiger partial charge in [-0.25, -0.2) is 4.98 Å². The molecular weight excluding hydrogens is 383 g/mol. The van der Waals surface area contributed by atoms with Crippen LogP contribution in [0.25, 0.3) is 0 Å². The van der Waals surface area contributed by atoms with E-state index in [0.717, 1.165) is 19.3 Å². The quantitative estimate of drug-likeness (QED) is 0.717. The molecule has 3 fully saturated rings. The molecule has 1 aliphatic heterocycles. The number of amides is 1. The molecular formula is C20H24F3N5O. The smallest absolute Gasteiger partial charge is 0.348 e. The number of halogens is 3. The first kappa shape index (κ1) is 20.1. The van der Waals surface area contributed by atoms with Gasteiger partial charge in [-0.1, -0.05) is 0 Å². The maximum Gasteiger partial charge on any atom is 0.434 e. The van der Waals surface area contributed by atoms with Gasteiger partial charge in [-0.05, 0) is 68.9 Å². The summed E-state index contributed by atoms with van der Waals surface area (Å²) in [4.78, 5) is 16.4. The summed E-state index contributed by atoms with van der Waals surface area (Å²) >= 11 is 0. The van der Waals surface area contributed by atoms with Crippen molar-refractivity contribution in [1.82, 2.24) is 21.2 Å². The first-order chi connectivity index (χ1) is 13.7. The number of hydrogen-bond acceptors (Lipinski definition) is 5. The SMILES string of the molecule is Cc1c(C(=O)NC2CCC3NNC(C4CC4)C3C2)nc(C(F)(F)F)c(C#N)c1C. The molecule has 29 heavy (non-hydrogen) atoms. The Balaban J connectivity index is 1.54. The van der Waals surface area contributed by atoms with E-state index >= 15 is 0 Å². The van der Waals surface area contributed by atoms with Crippen molar-refractivity contribution < 1.29 is 18.0 Å². The van der Waals surface area contributed by atoms with E-state index in [0.29, 0.717) is 29.5 Å². The predicted molar refractivity (Wildman–Crippen MR) is 98.6 cm³/mol. The van der Waals surface area contributed by atoms with Crippen molar-refractivity contribution in [2.75, 3.05) is 0 Å². The minimum absolute atomic E-state index is 0.0989. The van der Waals surface area contributed by atoms with Gasteiger partial charge in [0, 0.05) is 18.1 Å². The Hall–Kier alpha value is -2.18. The topological polar surface area (TPSA) is 89.8 Å². The molecule has 0 aromatic carbocycles. The zero-order valence-electron chi connectivity index (χ0n) is 16.4. The van der Waals surface area contributed by atoms with Gasteiger partial charge >= 0.3 is 6.18 Å². The third-order valence-electron chi connectivity index (χ3n) is 6.61. The second-order valence-electron chi connectivity index (χ2n) is 8.45. The van der Waals surface area contributed by atoms with Gasteiger partial charge in [0.2, 0.25) is 0 Å². The Morgan fingerprint density at radius 3 is 2.52 bits per heavy atom. The first-order valence-corrected chi connectivity index (χ1v) is 10.0. The molecule has 1 aromatic rings. The molecule has 4 rings (SSSR count). The summed E-state index contributed by atoms with van der Waals surface area (Å²) < 4.78 is 40.1. The van der Waals surface area contributed by atoms with Crippen LogP contribution in [0.15, 0.2) is 0 Å². The number of rotatable bonds is 3. The molecule has 3 N–H and O–H groups in total. The van der Waals surface area contributed by atoms with Gasteiger partial charge in [0.05, 0.1) is 5.56 Å². The van der Waals surface area contributed by atoms with Gasteiger partial charge < -0.3 is 5.32 Å². The number of pyridine rings is 1. The molecule has 0 radical (unpaired) electrons. The minimum Gasteiger partial charge on any atom is -0.348 e. The number of hydrazine groups is 1. The van der Waals surface area contributed by atoms with E-state index in [1.807, 2.05) is 0 Å². The van der Waals surface area contributed by atoms with Crippen molar-refractivity contribution in [3.05, 3.63) is 28.1 Å². The van der Waals surface area contributed by atoms with Gasteiger partial charge in [-0.2, -0.15) is 18.4 Å². The summed E-state index contributed by atoms with van der Waals surface area (Å²) in [7, 11) is 0. The molecule has 6 nitrogen and oxygen atoms in total. The lowest BCUT2D eigenvalue weighted by molar-refractivity contribution is -0.141. The highest BCUT2D eigenvalue weighted by atomic mass is 19.4. The Bertz CT molecular complexity index is 874. The predicted octanol–water partition coefficient (Wildman–Crippen LogP) is 2.74. The summed E-state index contributed by atoms with van der Waals surface area (Å²) in [6.45, 7) is 2.95.